The van der Waals surface area contributed by atoms with Crippen LogP contribution in [-0.2, 0) is 0 Å². The molecule has 0 fully saturated rings. The molecule has 0 spiro atoms. The molecule has 1 aromatic carbocycles. The molecular weight excluding hydrogens is 545 g/mol. The smallest absolute Gasteiger partial charge is 0.460 e. The Hall–Kier alpha value is -2.95. The lowest BCUT2D eigenvalue weighted by atomic mass is 9.91. The molecule has 0 aliphatic heterocycles. The third-order valence-corrected chi connectivity index (χ3v) is 4.49. The van der Waals surface area contributed by atoms with Gasteiger partial charge < -0.3 is 4.74 Å². The van der Waals surface area contributed by atoms with Crippen LogP contribution in [-0.4, -0.2) is 58.3 Å². The third-order valence-electron chi connectivity index (χ3n) is 4.49. The molecule has 0 atom stereocenters. The van der Waals surface area contributed by atoms with Crippen LogP contribution in [0.4, 0.5) is 65.9 Å². The fourth-order valence-corrected chi connectivity index (χ4v) is 2.41. The number of hydrogen-bond donors (Lipinski definition) is 0. The molecule has 202 valence electrons. The molecule has 1 heterocycles. The maximum atomic E-state index is 13.8. The fourth-order valence-electron chi connectivity index (χ4n) is 2.41. The number of benzene rings is 1. The lowest BCUT2D eigenvalue weighted by Gasteiger charge is -2.41. The number of hydrogen-bond acceptors (Lipinski definition) is 3. The Morgan fingerprint density at radius 2 is 0.972 bits per heavy atom. The largest absolute Gasteiger partial charge is 0.487 e. The van der Waals surface area contributed by atoms with Crippen molar-refractivity contribution in [1.82, 2.24) is 9.97 Å². The minimum absolute atomic E-state index is 0.0689. The summed E-state index contributed by atoms with van der Waals surface area (Å²) >= 11 is 0. The van der Waals surface area contributed by atoms with E-state index in [4.69, 9.17) is 0 Å². The Kier molecular flexibility index (Phi) is 7.21. The Balaban J connectivity index is 2.31. The number of halogens is 15. The maximum Gasteiger partial charge on any atom is 0.460 e. The van der Waals surface area contributed by atoms with E-state index in [1.165, 1.54) is 18.5 Å². The summed E-state index contributed by atoms with van der Waals surface area (Å²) in [4.78, 5) is 7.58. The van der Waals surface area contributed by atoms with Gasteiger partial charge in [0.15, 0.2) is 12.4 Å². The highest BCUT2D eigenvalue weighted by Gasteiger charge is 2.93. The van der Waals surface area contributed by atoms with Crippen molar-refractivity contribution in [3.63, 3.8) is 0 Å². The highest BCUT2D eigenvalue weighted by Crippen LogP contribution is 2.62. The molecule has 0 bridgehead atoms. The summed E-state index contributed by atoms with van der Waals surface area (Å²) in [5, 5.41) is 0. The number of ether oxygens (including phenoxy) is 1. The second-order valence-corrected chi connectivity index (χ2v) is 6.96. The van der Waals surface area contributed by atoms with Crippen LogP contribution in [0, 0.1) is 0 Å². The lowest BCUT2D eigenvalue weighted by Crippen LogP contribution is -2.73. The van der Waals surface area contributed by atoms with Crippen LogP contribution in [0.5, 0.6) is 5.75 Å². The standard InChI is InChI=1S/C18H9F15N2O/c19-12(20,8-36-10-4-2-9(3-5-10)11-34-6-1-7-35-11)13(21,22)14(23,24)15(25,26)16(27,28)17(29,30)18(31,32)33/h1-7H,8H2. The average Bonchev–Trinajstić information content (AvgIpc) is 2.77. The van der Waals surface area contributed by atoms with E-state index in [9.17, 15) is 65.9 Å². The van der Waals surface area contributed by atoms with E-state index in [0.717, 1.165) is 24.3 Å². The molecule has 36 heavy (non-hydrogen) atoms. The van der Waals surface area contributed by atoms with Crippen LogP contribution in [0.2, 0.25) is 0 Å². The second kappa shape index (κ2) is 8.86. The van der Waals surface area contributed by atoms with E-state index in [1.807, 2.05) is 0 Å². The van der Waals surface area contributed by atoms with Crippen molar-refractivity contribution in [3.05, 3.63) is 42.7 Å². The van der Waals surface area contributed by atoms with Gasteiger partial charge in [0.2, 0.25) is 0 Å². The van der Waals surface area contributed by atoms with Gasteiger partial charge in [0.05, 0.1) is 0 Å². The predicted octanol–water partition coefficient (Wildman–Crippen LogP) is 6.90. The van der Waals surface area contributed by atoms with E-state index in [2.05, 4.69) is 14.7 Å². The number of nitrogens with zero attached hydrogens (tertiary/aromatic N) is 2. The second-order valence-electron chi connectivity index (χ2n) is 6.96. The highest BCUT2D eigenvalue weighted by atomic mass is 19.4. The van der Waals surface area contributed by atoms with E-state index in [0.29, 0.717) is 0 Å². The normalized spacial score (nSPS) is 14.6. The molecule has 0 saturated carbocycles. The van der Waals surface area contributed by atoms with Gasteiger partial charge in [-0.1, -0.05) is 0 Å². The van der Waals surface area contributed by atoms with Gasteiger partial charge in [-0.25, -0.2) is 9.97 Å². The quantitative estimate of drug-likeness (QED) is 0.317. The lowest BCUT2D eigenvalue weighted by molar-refractivity contribution is -0.453. The number of rotatable bonds is 9. The van der Waals surface area contributed by atoms with Gasteiger partial charge in [0, 0.05) is 18.0 Å². The Morgan fingerprint density at radius 1 is 0.556 bits per heavy atom. The topological polar surface area (TPSA) is 35.0 Å². The van der Waals surface area contributed by atoms with Crippen molar-refractivity contribution in [2.75, 3.05) is 6.61 Å². The maximum absolute atomic E-state index is 13.8. The number of aromatic nitrogens is 2. The van der Waals surface area contributed by atoms with Crippen LogP contribution >= 0.6 is 0 Å². The van der Waals surface area contributed by atoms with Gasteiger partial charge in [0.1, 0.15) is 5.75 Å². The predicted molar refractivity (Wildman–Crippen MR) is 88.7 cm³/mol. The molecule has 3 nitrogen and oxygen atoms in total. The van der Waals surface area contributed by atoms with Crippen LogP contribution in [0.25, 0.3) is 11.4 Å². The van der Waals surface area contributed by atoms with Gasteiger partial charge in [-0.2, -0.15) is 65.9 Å². The molecule has 18 heteroatoms. The summed E-state index contributed by atoms with van der Waals surface area (Å²) in [5.74, 6) is -47.6. The molecule has 1 aromatic heterocycles. The van der Waals surface area contributed by atoms with Gasteiger partial charge in [-0.05, 0) is 30.3 Å². The van der Waals surface area contributed by atoms with Crippen molar-refractivity contribution in [1.29, 1.82) is 0 Å². The minimum atomic E-state index is -8.33. The third kappa shape index (κ3) is 4.49. The van der Waals surface area contributed by atoms with Crippen LogP contribution in [0.3, 0.4) is 0 Å². The Labute approximate surface area is 189 Å². The molecule has 2 aromatic rings. The van der Waals surface area contributed by atoms with E-state index < -0.39 is 54.1 Å². The molecular formula is C18H9F15N2O. The molecule has 0 amide bonds. The molecule has 0 N–H and O–H groups in total. The first-order valence-electron chi connectivity index (χ1n) is 8.88. The molecule has 2 rings (SSSR count). The van der Waals surface area contributed by atoms with Crippen molar-refractivity contribution in [3.8, 4) is 17.1 Å². The van der Waals surface area contributed by atoms with Crippen LogP contribution in [0.1, 0.15) is 0 Å². The summed E-state index contributed by atoms with van der Waals surface area (Å²) in [7, 11) is 0. The van der Waals surface area contributed by atoms with Crippen LogP contribution in [0.15, 0.2) is 42.7 Å². The number of alkyl halides is 15. The monoisotopic (exact) mass is 554 g/mol. The SMILES string of the molecule is FC(F)(F)C(F)(F)C(F)(F)C(F)(F)C(F)(F)C(F)(F)C(F)(F)COc1ccc(-c2ncccn2)cc1. The average molecular weight is 554 g/mol. The molecule has 0 radical (unpaired) electrons. The fraction of sp³-hybridized carbons (Fsp3) is 0.444. The van der Waals surface area contributed by atoms with Gasteiger partial charge in [-0.3, -0.25) is 0 Å². The minimum Gasteiger partial charge on any atom is -0.487 e. The zero-order valence-electron chi connectivity index (χ0n) is 16.7. The molecule has 0 aliphatic rings. The molecule has 0 aliphatic carbocycles. The van der Waals surface area contributed by atoms with E-state index in [1.54, 1.807) is 0 Å². The summed E-state index contributed by atoms with van der Waals surface area (Å²) < 4.78 is 201. The Bertz CT molecular complexity index is 1040. The van der Waals surface area contributed by atoms with E-state index >= 15 is 0 Å². The zero-order chi connectivity index (χ0) is 28.0. The molecule has 0 unspecified atom stereocenters. The highest BCUT2D eigenvalue weighted by molar-refractivity contribution is 5.55. The summed E-state index contributed by atoms with van der Waals surface area (Å²) in [5.41, 5.74) is 0.194. The summed E-state index contributed by atoms with van der Waals surface area (Å²) in [6, 6.07) is 5.05. The van der Waals surface area contributed by atoms with Crippen molar-refractivity contribution in [2.24, 2.45) is 0 Å². The first kappa shape index (κ1) is 29.3. The van der Waals surface area contributed by atoms with Gasteiger partial charge in [-0.15, -0.1) is 0 Å². The van der Waals surface area contributed by atoms with Gasteiger partial charge in [0.25, 0.3) is 0 Å². The molecule has 0 saturated heterocycles. The van der Waals surface area contributed by atoms with Crippen molar-refractivity contribution >= 4 is 0 Å². The summed E-state index contributed by atoms with van der Waals surface area (Å²) in [6.07, 6.45) is -5.06. The first-order chi connectivity index (χ1) is 16.0. The first-order valence-corrected chi connectivity index (χ1v) is 8.88. The van der Waals surface area contributed by atoms with Crippen LogP contribution < -0.4 is 4.74 Å². The summed E-state index contributed by atoms with van der Waals surface area (Å²) in [6.45, 7) is -2.91. The van der Waals surface area contributed by atoms with Crippen molar-refractivity contribution in [2.45, 2.75) is 41.7 Å². The van der Waals surface area contributed by atoms with E-state index in [-0.39, 0.29) is 11.4 Å². The van der Waals surface area contributed by atoms with Crippen molar-refractivity contribution < 1.29 is 70.6 Å². The Morgan fingerprint density at radius 3 is 1.42 bits per heavy atom. The van der Waals surface area contributed by atoms with Gasteiger partial charge >= 0.3 is 41.7 Å². The zero-order valence-corrected chi connectivity index (χ0v) is 16.7.